The lowest BCUT2D eigenvalue weighted by Crippen LogP contribution is -2.50. The lowest BCUT2D eigenvalue weighted by atomic mass is 9.86. The van der Waals surface area contributed by atoms with Crippen LogP contribution in [-0.2, 0) is 35.1 Å². The number of primary amides is 1. The van der Waals surface area contributed by atoms with Gasteiger partial charge in [-0.3, -0.25) is 38.4 Å². The highest BCUT2D eigenvalue weighted by atomic mass is 32.1. The molecule has 2 aliphatic heterocycles. The van der Waals surface area contributed by atoms with E-state index < -0.39 is 96.0 Å². The minimum atomic E-state index is -1.44. The van der Waals surface area contributed by atoms with E-state index >= 15 is 4.79 Å². The van der Waals surface area contributed by atoms with Gasteiger partial charge in [-0.25, -0.2) is 34.9 Å². The Morgan fingerprint density at radius 2 is 1.38 bits per heavy atom. The Kier molecular flexibility index (Phi) is 23.0. The first-order valence-corrected chi connectivity index (χ1v) is 37.7. The quantitative estimate of drug-likeness (QED) is 0.0354. The first kappa shape index (κ1) is 72.6. The minimum absolute atomic E-state index is 0.0409. The van der Waals surface area contributed by atoms with Crippen molar-refractivity contribution in [2.24, 2.45) is 17.6 Å². The minimum Gasteiger partial charge on any atom is -0.484 e. The van der Waals surface area contributed by atoms with Crippen LogP contribution in [0.2, 0.25) is 0 Å². The maximum atomic E-state index is 15.5. The molecule has 9 aromatic rings. The van der Waals surface area contributed by atoms with E-state index in [4.69, 9.17) is 39.9 Å². The summed E-state index contributed by atoms with van der Waals surface area (Å²) in [6, 6.07) is 13.8. The molecule has 7 aromatic heterocycles. The van der Waals surface area contributed by atoms with Crippen molar-refractivity contribution in [1.29, 1.82) is 0 Å². The van der Waals surface area contributed by atoms with Crippen molar-refractivity contribution < 1.29 is 67.9 Å². The van der Waals surface area contributed by atoms with Crippen LogP contribution in [0, 0.1) is 18.8 Å². The molecule has 12 rings (SSSR count). The zero-order chi connectivity index (χ0) is 71.9. The second-order valence-electron chi connectivity index (χ2n) is 24.7. The van der Waals surface area contributed by atoms with Crippen LogP contribution in [-0.4, -0.2) is 167 Å². The molecule has 10 N–H and O–H groups in total. The monoisotopic (exact) mass is 1500 g/mol. The third-order valence-electron chi connectivity index (χ3n) is 17.4. The van der Waals surface area contributed by atoms with Crippen molar-refractivity contribution in [3.05, 3.63) is 147 Å². The molecule has 8 atom stereocenters. The Morgan fingerprint density at radius 1 is 0.716 bits per heavy atom. The molecule has 2 aromatic carbocycles. The van der Waals surface area contributed by atoms with E-state index in [0.717, 1.165) is 34.0 Å². The topological polar surface area (TPSA) is 405 Å². The van der Waals surface area contributed by atoms with Crippen LogP contribution in [0.4, 0.5) is 0 Å². The van der Waals surface area contributed by atoms with Gasteiger partial charge in [-0.1, -0.05) is 49.4 Å². The maximum absolute atomic E-state index is 15.5. The van der Waals surface area contributed by atoms with E-state index in [0.29, 0.717) is 102 Å². The maximum Gasteiger partial charge on any atom is 0.306 e. The SMILES string of the molecule is COCC(C)OCCNC(=O)COc1ccc(C[C@@H]2NC(=O)c3csc(n3)[C@H]([C@H](O)c3ccccc3)NC(=O)c3nc(sc3C)[C@H](CC(N)=O)NC(=O)c3csc(n3)-c3ccc(-c4nc(C(=O)N[C@H]5CC[C@H](C(=O)O)CC5)cs4)nc3-c3csc(n3)-c3csc(n3)[C@@H]3[C@@H](C)[C@@H](O)CN3C2=O)cc1. The highest BCUT2D eigenvalue weighted by molar-refractivity contribution is 7.15. The molecule has 1 saturated carbocycles. The lowest BCUT2D eigenvalue weighted by Gasteiger charge is -2.29. The number of carbonyl (C=O) groups is 8. The molecule has 0 radical (unpaired) electrons. The fourth-order valence-corrected chi connectivity index (χ4v) is 17.4. The molecule has 10 bridgehead atoms. The number of amides is 7. The summed E-state index contributed by atoms with van der Waals surface area (Å²) in [6.45, 7) is 5.81. The first-order valence-electron chi connectivity index (χ1n) is 32.5. The number of aryl methyl sites for hydroxylation is 1. The Hall–Kier alpha value is -9.23. The van der Waals surface area contributed by atoms with Gasteiger partial charge in [-0.2, -0.15) is 0 Å². The molecule has 0 spiro atoms. The number of methoxy groups -OCH3 is 1. The number of nitrogens with zero attached hydrogens (tertiary/aromatic N) is 8. The number of carboxylic acids is 1. The summed E-state index contributed by atoms with van der Waals surface area (Å²) in [5.74, 6) is -5.89. The molecule has 2 fully saturated rings. The molecule has 1 unspecified atom stereocenters. The van der Waals surface area contributed by atoms with Crippen molar-refractivity contribution in [1.82, 2.24) is 66.4 Å². The fourth-order valence-electron chi connectivity index (χ4n) is 12.1. The molecular weight excluding hydrogens is 1430 g/mol. The number of rotatable bonds is 19. The number of pyridine rings is 1. The van der Waals surface area contributed by atoms with Gasteiger partial charge in [0.1, 0.15) is 93.8 Å². The average Bonchev–Trinajstić information content (AvgIpc) is 1.52. The van der Waals surface area contributed by atoms with Crippen molar-refractivity contribution in [3.63, 3.8) is 0 Å². The summed E-state index contributed by atoms with van der Waals surface area (Å²) in [4.78, 5) is 146. The van der Waals surface area contributed by atoms with Gasteiger partial charge in [-0.15, -0.1) is 68.0 Å². The van der Waals surface area contributed by atoms with Crippen LogP contribution in [0.25, 0.3) is 43.4 Å². The standard InChI is InChI=1S/C68H70N14O14S6/c1-32(25-94-4)95-21-20-70-51(85)26-96-39-16-10-35(11-17-39)22-43-67(91)82-24-49(83)33(2)55(82)66-79-48(31-101-66)63-75-44(27-98-63)53-40(18-19-41(72-53)62-77-45(29-99-62)57(87)71-38-14-12-37(13-15-38)68(92)93)61-76-46(28-97-61)58(88)73-42(23-50(69)84)64-81-52(34(3)102-64)60(90)80-54(56(86)36-8-6-5-7-9-36)65-78-47(30-100-65)59(89)74-43/h5-11,16-19,27-33,37-38,42-43,49,54-56,83,86H,12-15,20-26H2,1-4H3,(H2,69,84)(H,70,85)(H,71,87)(H,73,88)(H,74,89)(H,80,90)(H,92,93)/t32?,33-,37-,38-,42-,43-,49-,54-,55-,56+/m0/s1. The van der Waals surface area contributed by atoms with E-state index in [9.17, 15) is 48.9 Å². The highest BCUT2D eigenvalue weighted by Gasteiger charge is 2.46. The Balaban J connectivity index is 0.894. The van der Waals surface area contributed by atoms with Crippen molar-refractivity contribution in [2.45, 2.75) is 108 Å². The number of ether oxygens (including phenoxy) is 3. The third kappa shape index (κ3) is 16.9. The Bertz CT molecular complexity index is 4550. The second-order valence-corrected chi connectivity index (χ2v) is 30.3. The van der Waals surface area contributed by atoms with Gasteiger partial charge in [0.15, 0.2) is 6.61 Å². The summed E-state index contributed by atoms with van der Waals surface area (Å²) in [7, 11) is 1.58. The number of aliphatic carboxylic acids is 1. The smallest absolute Gasteiger partial charge is 0.306 e. The fraction of sp³-hybridized carbons (Fsp3) is 0.368. The molecule has 532 valence electrons. The zero-order valence-corrected chi connectivity index (χ0v) is 60.1. The summed E-state index contributed by atoms with van der Waals surface area (Å²) < 4.78 is 16.5. The molecule has 1 aliphatic carbocycles. The van der Waals surface area contributed by atoms with E-state index in [1.54, 1.807) is 96.9 Å². The largest absolute Gasteiger partial charge is 0.484 e. The summed E-state index contributed by atoms with van der Waals surface area (Å²) in [5.41, 5.74) is 8.60. The second kappa shape index (κ2) is 32.4. The average molecular weight is 1500 g/mol. The number of fused-ring (bicyclic) bond motifs is 16. The number of aliphatic hydroxyl groups excluding tert-OH is 2. The Labute approximate surface area is 607 Å². The summed E-state index contributed by atoms with van der Waals surface area (Å²) in [6.07, 6.45) is -1.20. The number of thiazole rings is 6. The van der Waals surface area contributed by atoms with Gasteiger partial charge in [0.25, 0.3) is 29.5 Å². The first-order chi connectivity index (χ1) is 49.1. The summed E-state index contributed by atoms with van der Waals surface area (Å²) >= 11 is 6.84. The molecule has 28 nitrogen and oxygen atoms in total. The van der Waals surface area contributed by atoms with Gasteiger partial charge < -0.3 is 66.7 Å². The van der Waals surface area contributed by atoms with Crippen molar-refractivity contribution in [3.8, 4) is 49.1 Å². The van der Waals surface area contributed by atoms with Gasteiger partial charge in [0.05, 0.1) is 55.5 Å². The number of carbonyl (C=O) groups excluding carboxylic acids is 7. The third-order valence-corrected chi connectivity index (χ3v) is 23.0. The van der Waals surface area contributed by atoms with Crippen LogP contribution in [0.1, 0.15) is 143 Å². The lowest BCUT2D eigenvalue weighted by molar-refractivity contribution is -0.143. The number of benzene rings is 2. The normalized spacial score (nSPS) is 20.8. The Morgan fingerprint density at radius 3 is 2.13 bits per heavy atom. The molecular formula is C68H70N14O14S6. The van der Waals surface area contributed by atoms with Crippen LogP contribution in [0.5, 0.6) is 5.75 Å². The predicted molar refractivity (Wildman–Crippen MR) is 381 cm³/mol. The predicted octanol–water partition coefficient (Wildman–Crippen LogP) is 7.50. The highest BCUT2D eigenvalue weighted by Crippen LogP contribution is 2.43. The van der Waals surface area contributed by atoms with Gasteiger partial charge in [0.2, 0.25) is 11.8 Å². The van der Waals surface area contributed by atoms with E-state index in [-0.39, 0.29) is 83.6 Å². The van der Waals surface area contributed by atoms with Crippen LogP contribution in [0.3, 0.4) is 0 Å². The van der Waals surface area contributed by atoms with E-state index in [2.05, 4.69) is 41.5 Å². The number of aromatic nitrogens is 7. The van der Waals surface area contributed by atoms with Gasteiger partial charge >= 0.3 is 5.97 Å². The molecule has 102 heavy (non-hydrogen) atoms. The van der Waals surface area contributed by atoms with E-state index in [1.165, 1.54) is 49.7 Å². The molecule has 9 heterocycles. The molecule has 1 saturated heterocycles. The number of nitrogens with two attached hydrogens (primary N) is 1. The van der Waals surface area contributed by atoms with Crippen LogP contribution in [0.15, 0.2) is 93.6 Å². The number of carboxylic acid groups (broad SMARTS) is 1. The van der Waals surface area contributed by atoms with Gasteiger partial charge in [0, 0.05) is 75.9 Å². The van der Waals surface area contributed by atoms with Crippen LogP contribution >= 0.6 is 68.0 Å². The number of hydrogen-bond donors (Lipinski definition) is 9. The van der Waals surface area contributed by atoms with Gasteiger partial charge in [-0.05, 0) is 74.9 Å². The summed E-state index contributed by atoms with van der Waals surface area (Å²) in [5, 5.41) is 57.8. The number of nitrogens with one attached hydrogen (secondary N) is 5. The number of hydrogen-bond acceptors (Lipinski definition) is 26. The zero-order valence-electron chi connectivity index (χ0n) is 55.2. The van der Waals surface area contributed by atoms with Crippen molar-refractivity contribution >= 4 is 115 Å². The molecule has 34 heteroatoms. The van der Waals surface area contributed by atoms with Crippen LogP contribution < -0.4 is 37.1 Å². The molecule has 7 amide bonds. The van der Waals surface area contributed by atoms with E-state index in [1.807, 2.05) is 13.8 Å². The van der Waals surface area contributed by atoms with Crippen molar-refractivity contribution in [2.75, 3.05) is 40.0 Å². The molecule has 3 aliphatic rings. The number of aliphatic hydroxyl groups is 2.